The van der Waals surface area contributed by atoms with Crippen molar-refractivity contribution in [2.75, 3.05) is 6.54 Å². The number of urea groups is 1. The number of hydrogen-bond donors (Lipinski definition) is 3. The third-order valence-corrected chi connectivity index (χ3v) is 6.46. The summed E-state index contributed by atoms with van der Waals surface area (Å²) in [6.07, 6.45) is 6.70. The zero-order chi connectivity index (χ0) is 21.2. The zero-order valence-electron chi connectivity index (χ0n) is 17.6. The van der Waals surface area contributed by atoms with Gasteiger partial charge in [-0.05, 0) is 82.5 Å². The third-order valence-electron chi connectivity index (χ3n) is 6.46. The number of ether oxygens (including phenoxy) is 1. The van der Waals surface area contributed by atoms with E-state index in [2.05, 4.69) is 16.0 Å². The van der Waals surface area contributed by atoms with Crippen LogP contribution in [0, 0.1) is 23.2 Å². The number of nitrogens with one attached hydrogen (secondary N) is 3. The van der Waals surface area contributed by atoms with Gasteiger partial charge in [-0.3, -0.25) is 19.7 Å². The maximum Gasteiger partial charge on any atom is 0.326 e. The van der Waals surface area contributed by atoms with Gasteiger partial charge in [-0.25, -0.2) is 4.79 Å². The minimum absolute atomic E-state index is 0.111. The second-order valence-corrected chi connectivity index (χ2v) is 9.62. The minimum atomic E-state index is -1.12. The molecule has 0 aromatic heterocycles. The lowest BCUT2D eigenvalue weighted by molar-refractivity contribution is -0.154. The fourth-order valence-electron chi connectivity index (χ4n) is 5.88. The van der Waals surface area contributed by atoms with Gasteiger partial charge in [-0.1, -0.05) is 0 Å². The van der Waals surface area contributed by atoms with Crippen LogP contribution in [0.3, 0.4) is 0 Å². The third kappa shape index (κ3) is 5.70. The van der Waals surface area contributed by atoms with E-state index in [1.165, 1.54) is 26.2 Å². The number of rotatable bonds is 7. The molecule has 0 heterocycles. The van der Waals surface area contributed by atoms with Gasteiger partial charge in [0.05, 0.1) is 0 Å². The summed E-state index contributed by atoms with van der Waals surface area (Å²) >= 11 is 0. The Morgan fingerprint density at radius 3 is 2.03 bits per heavy atom. The molecule has 0 aliphatic heterocycles. The van der Waals surface area contributed by atoms with Crippen LogP contribution in [0.5, 0.6) is 0 Å². The molecule has 8 nitrogen and oxygen atoms in total. The molecule has 29 heavy (non-hydrogen) atoms. The van der Waals surface area contributed by atoms with Gasteiger partial charge < -0.3 is 15.4 Å². The first kappa shape index (κ1) is 21.6. The van der Waals surface area contributed by atoms with E-state index in [0.717, 1.165) is 37.0 Å². The highest BCUT2D eigenvalue weighted by molar-refractivity contribution is 5.97. The van der Waals surface area contributed by atoms with Crippen molar-refractivity contribution in [2.24, 2.45) is 23.2 Å². The average molecular weight is 408 g/mol. The molecule has 0 saturated heterocycles. The molecular weight excluding hydrogens is 374 g/mol. The molecule has 0 aromatic carbocycles. The lowest BCUT2D eigenvalue weighted by atomic mass is 9.49. The molecule has 0 spiro atoms. The van der Waals surface area contributed by atoms with Gasteiger partial charge in [0.2, 0.25) is 5.91 Å². The highest BCUT2D eigenvalue weighted by Gasteiger charge is 2.51. The van der Waals surface area contributed by atoms with Gasteiger partial charge in [0.15, 0.2) is 6.10 Å². The summed E-state index contributed by atoms with van der Waals surface area (Å²) in [4.78, 5) is 47.8. The van der Waals surface area contributed by atoms with Gasteiger partial charge in [-0.2, -0.15) is 0 Å². The standard InChI is InChI=1S/C21H33N3O5/c1-12(2)23-20(28)24-19(27)13(3)29-18(26)11-22-17(25)10-21-7-14-4-15(8-21)6-16(5-14)9-21/h12-16H,4-11H2,1-3H3,(H,22,25)(H2,23,24,27,28)/t13-,14?,15?,16?,21?/m0/s1. The highest BCUT2D eigenvalue weighted by Crippen LogP contribution is 2.61. The molecule has 8 heteroatoms. The maximum absolute atomic E-state index is 12.4. The average Bonchev–Trinajstić information content (AvgIpc) is 2.57. The summed E-state index contributed by atoms with van der Waals surface area (Å²) in [6.45, 7) is 4.63. The van der Waals surface area contributed by atoms with Crippen LogP contribution in [-0.2, 0) is 19.1 Å². The Morgan fingerprint density at radius 1 is 0.966 bits per heavy atom. The second kappa shape index (κ2) is 8.71. The Balaban J connectivity index is 1.38. The summed E-state index contributed by atoms with van der Waals surface area (Å²) in [5.41, 5.74) is 0.111. The van der Waals surface area contributed by atoms with E-state index in [0.29, 0.717) is 6.42 Å². The number of hydrogen-bond acceptors (Lipinski definition) is 5. The summed E-state index contributed by atoms with van der Waals surface area (Å²) in [5, 5.41) is 7.27. The molecule has 4 bridgehead atoms. The van der Waals surface area contributed by atoms with Crippen molar-refractivity contribution in [1.29, 1.82) is 0 Å². The molecule has 4 aliphatic carbocycles. The predicted octanol–water partition coefficient (Wildman–Crippen LogP) is 1.87. The molecule has 162 valence electrons. The second-order valence-electron chi connectivity index (χ2n) is 9.62. The molecule has 4 aliphatic rings. The molecule has 3 N–H and O–H groups in total. The van der Waals surface area contributed by atoms with E-state index < -0.39 is 24.0 Å². The molecule has 4 rings (SSSR count). The number of carbonyl (C=O) groups is 4. The lowest BCUT2D eigenvalue weighted by Gasteiger charge is -2.56. The van der Waals surface area contributed by atoms with Crippen LogP contribution >= 0.6 is 0 Å². The van der Waals surface area contributed by atoms with Crippen LogP contribution in [0.15, 0.2) is 0 Å². The van der Waals surface area contributed by atoms with Crippen molar-refractivity contribution in [3.8, 4) is 0 Å². The molecule has 4 saturated carbocycles. The van der Waals surface area contributed by atoms with Crippen molar-refractivity contribution >= 4 is 23.8 Å². The van der Waals surface area contributed by atoms with Gasteiger partial charge in [0.25, 0.3) is 5.91 Å². The number of esters is 1. The number of amides is 4. The topological polar surface area (TPSA) is 114 Å². The normalized spacial score (nSPS) is 30.6. The van der Waals surface area contributed by atoms with Crippen LogP contribution in [0.2, 0.25) is 0 Å². The molecule has 4 fully saturated rings. The number of carbonyl (C=O) groups excluding carboxylic acids is 4. The first-order chi connectivity index (χ1) is 13.6. The van der Waals surface area contributed by atoms with E-state index in [4.69, 9.17) is 4.74 Å². The van der Waals surface area contributed by atoms with E-state index in [9.17, 15) is 19.2 Å². The van der Waals surface area contributed by atoms with Crippen molar-refractivity contribution in [3.63, 3.8) is 0 Å². The van der Waals surface area contributed by atoms with Crippen LogP contribution in [0.4, 0.5) is 4.79 Å². The van der Waals surface area contributed by atoms with Crippen LogP contribution in [0.1, 0.15) is 65.7 Å². The Morgan fingerprint density at radius 2 is 1.52 bits per heavy atom. The van der Waals surface area contributed by atoms with Crippen molar-refractivity contribution in [2.45, 2.75) is 77.9 Å². The summed E-state index contributed by atoms with van der Waals surface area (Å²) in [7, 11) is 0. The largest absolute Gasteiger partial charge is 0.451 e. The first-order valence-electron chi connectivity index (χ1n) is 10.7. The monoisotopic (exact) mass is 407 g/mol. The van der Waals surface area contributed by atoms with Crippen LogP contribution < -0.4 is 16.0 Å². The first-order valence-corrected chi connectivity index (χ1v) is 10.7. The molecule has 0 aromatic rings. The summed E-state index contributed by atoms with van der Waals surface area (Å²) in [5.74, 6) is 0.772. The summed E-state index contributed by atoms with van der Waals surface area (Å²) in [6, 6.07) is -0.762. The predicted molar refractivity (Wildman–Crippen MR) is 106 cm³/mol. The van der Waals surface area contributed by atoms with E-state index in [1.807, 2.05) is 0 Å². The molecule has 0 unspecified atom stereocenters. The lowest BCUT2D eigenvalue weighted by Crippen LogP contribution is -2.48. The van der Waals surface area contributed by atoms with Crippen LogP contribution in [-0.4, -0.2) is 42.5 Å². The maximum atomic E-state index is 12.4. The Labute approximate surface area is 171 Å². The van der Waals surface area contributed by atoms with Crippen molar-refractivity contribution < 1.29 is 23.9 Å². The number of imide groups is 1. The Hall–Kier alpha value is -2.12. The van der Waals surface area contributed by atoms with Crippen molar-refractivity contribution in [3.05, 3.63) is 0 Å². The Bertz CT molecular complexity index is 640. The van der Waals surface area contributed by atoms with Gasteiger partial charge in [0, 0.05) is 12.5 Å². The van der Waals surface area contributed by atoms with Gasteiger partial charge >= 0.3 is 12.0 Å². The zero-order valence-corrected chi connectivity index (χ0v) is 17.6. The smallest absolute Gasteiger partial charge is 0.326 e. The summed E-state index contributed by atoms with van der Waals surface area (Å²) < 4.78 is 5.02. The fourth-order valence-corrected chi connectivity index (χ4v) is 5.88. The molecule has 1 atom stereocenters. The SMILES string of the molecule is CC(C)NC(=O)NC(=O)[C@H](C)OC(=O)CNC(=O)CC12CC3CC(CC(C3)C1)C2. The fraction of sp³-hybridized carbons (Fsp3) is 0.810. The van der Waals surface area contributed by atoms with Gasteiger partial charge in [-0.15, -0.1) is 0 Å². The van der Waals surface area contributed by atoms with Crippen molar-refractivity contribution in [1.82, 2.24) is 16.0 Å². The quantitative estimate of drug-likeness (QED) is 0.558. The molecular formula is C21H33N3O5. The van der Waals surface area contributed by atoms with E-state index in [1.54, 1.807) is 13.8 Å². The van der Waals surface area contributed by atoms with E-state index in [-0.39, 0.29) is 23.9 Å². The highest BCUT2D eigenvalue weighted by atomic mass is 16.5. The molecule has 0 radical (unpaired) electrons. The molecule has 4 amide bonds. The minimum Gasteiger partial charge on any atom is -0.451 e. The Kier molecular flexibility index (Phi) is 6.49. The van der Waals surface area contributed by atoms with E-state index >= 15 is 0 Å². The van der Waals surface area contributed by atoms with Gasteiger partial charge in [0.1, 0.15) is 6.54 Å². The van der Waals surface area contributed by atoms with Crippen LogP contribution in [0.25, 0.3) is 0 Å².